The van der Waals surface area contributed by atoms with Gasteiger partial charge in [-0.2, -0.15) is 0 Å². The van der Waals surface area contributed by atoms with Gasteiger partial charge in [0.25, 0.3) is 0 Å². The van der Waals surface area contributed by atoms with Crippen LogP contribution < -0.4 is 5.73 Å². The molecule has 1 saturated carbocycles. The lowest BCUT2D eigenvalue weighted by Gasteiger charge is -2.33. The summed E-state index contributed by atoms with van der Waals surface area (Å²) in [6.07, 6.45) is 9.44. The Kier molecular flexibility index (Phi) is 5.64. The maximum atomic E-state index is 12.5. The van der Waals surface area contributed by atoms with Crippen LogP contribution in [0.5, 0.6) is 0 Å². The highest BCUT2D eigenvalue weighted by Crippen LogP contribution is 2.27. The summed E-state index contributed by atoms with van der Waals surface area (Å²) in [7, 11) is 0. The molecule has 0 radical (unpaired) electrons. The second-order valence-corrected chi connectivity index (χ2v) is 6.19. The molecule has 1 aliphatic carbocycles. The molecule has 2 aliphatic rings. The Hall–Kier alpha value is -0.610. The number of aliphatic hydroxyl groups excluding tert-OH is 1. The average molecular weight is 268 g/mol. The second-order valence-electron chi connectivity index (χ2n) is 6.19. The van der Waals surface area contributed by atoms with Crippen LogP contribution in [0.15, 0.2) is 0 Å². The lowest BCUT2D eigenvalue weighted by molar-refractivity contribution is -0.135. The van der Waals surface area contributed by atoms with Crippen molar-refractivity contribution in [1.29, 1.82) is 0 Å². The number of nitrogens with two attached hydrogens (primary N) is 1. The van der Waals surface area contributed by atoms with Gasteiger partial charge in [0.05, 0.1) is 12.6 Å². The monoisotopic (exact) mass is 268 g/mol. The first kappa shape index (κ1) is 14.8. The molecule has 0 aromatic rings. The van der Waals surface area contributed by atoms with Gasteiger partial charge in [-0.25, -0.2) is 0 Å². The average Bonchev–Trinajstić information content (AvgIpc) is 2.66. The van der Waals surface area contributed by atoms with Gasteiger partial charge in [0.2, 0.25) is 5.91 Å². The van der Waals surface area contributed by atoms with Crippen molar-refractivity contribution in [2.45, 2.75) is 69.9 Å². The Labute approximate surface area is 116 Å². The molecule has 3 atom stereocenters. The van der Waals surface area contributed by atoms with E-state index in [0.29, 0.717) is 12.3 Å². The fourth-order valence-electron chi connectivity index (χ4n) is 3.53. The van der Waals surface area contributed by atoms with Gasteiger partial charge in [-0.05, 0) is 31.6 Å². The zero-order valence-corrected chi connectivity index (χ0v) is 11.9. The van der Waals surface area contributed by atoms with E-state index in [0.717, 1.165) is 38.6 Å². The quantitative estimate of drug-likeness (QED) is 0.818. The SMILES string of the molecule is NC1CCCCC1CC(=O)N1CCCCCC1CO. The molecule has 0 spiro atoms. The normalized spacial score (nSPS) is 32.9. The third-order valence-corrected chi connectivity index (χ3v) is 4.81. The first-order valence-electron chi connectivity index (χ1n) is 7.88. The summed E-state index contributed by atoms with van der Waals surface area (Å²) < 4.78 is 0. The van der Waals surface area contributed by atoms with Gasteiger partial charge < -0.3 is 15.7 Å². The summed E-state index contributed by atoms with van der Waals surface area (Å²) in [5.41, 5.74) is 6.13. The number of likely N-dealkylation sites (tertiary alicyclic amines) is 1. The van der Waals surface area contributed by atoms with Crippen LogP contribution in [0.3, 0.4) is 0 Å². The third kappa shape index (κ3) is 3.93. The molecule has 1 saturated heterocycles. The number of nitrogens with zero attached hydrogens (tertiary/aromatic N) is 1. The van der Waals surface area contributed by atoms with E-state index in [1.54, 1.807) is 0 Å². The molecule has 3 N–H and O–H groups in total. The minimum Gasteiger partial charge on any atom is -0.394 e. The first-order chi connectivity index (χ1) is 9.22. The van der Waals surface area contributed by atoms with Crippen LogP contribution in [0.2, 0.25) is 0 Å². The molecule has 2 fully saturated rings. The molecule has 4 heteroatoms. The fourth-order valence-corrected chi connectivity index (χ4v) is 3.53. The number of hydrogen-bond acceptors (Lipinski definition) is 3. The molecule has 0 aromatic carbocycles. The highest BCUT2D eigenvalue weighted by molar-refractivity contribution is 5.77. The van der Waals surface area contributed by atoms with Gasteiger partial charge in [-0.3, -0.25) is 4.79 Å². The van der Waals surface area contributed by atoms with Crippen LogP contribution in [-0.2, 0) is 4.79 Å². The van der Waals surface area contributed by atoms with Crippen molar-refractivity contribution < 1.29 is 9.90 Å². The van der Waals surface area contributed by atoms with Crippen molar-refractivity contribution in [1.82, 2.24) is 4.90 Å². The van der Waals surface area contributed by atoms with E-state index in [-0.39, 0.29) is 24.6 Å². The number of hydrogen-bond donors (Lipinski definition) is 2. The first-order valence-corrected chi connectivity index (χ1v) is 7.88. The maximum Gasteiger partial charge on any atom is 0.223 e. The van der Waals surface area contributed by atoms with E-state index in [1.807, 2.05) is 4.90 Å². The fraction of sp³-hybridized carbons (Fsp3) is 0.933. The van der Waals surface area contributed by atoms with E-state index in [9.17, 15) is 9.90 Å². The van der Waals surface area contributed by atoms with Crippen LogP contribution in [0.1, 0.15) is 57.8 Å². The highest BCUT2D eigenvalue weighted by atomic mass is 16.3. The third-order valence-electron chi connectivity index (χ3n) is 4.81. The van der Waals surface area contributed by atoms with Crippen LogP contribution in [0.4, 0.5) is 0 Å². The van der Waals surface area contributed by atoms with Crippen LogP contribution in [0, 0.1) is 5.92 Å². The Morgan fingerprint density at radius 1 is 1.11 bits per heavy atom. The van der Waals surface area contributed by atoms with Crippen LogP contribution in [0.25, 0.3) is 0 Å². The van der Waals surface area contributed by atoms with Gasteiger partial charge >= 0.3 is 0 Å². The highest BCUT2D eigenvalue weighted by Gasteiger charge is 2.29. The molecule has 2 rings (SSSR count). The van der Waals surface area contributed by atoms with E-state index < -0.39 is 0 Å². The van der Waals surface area contributed by atoms with E-state index in [4.69, 9.17) is 5.73 Å². The largest absolute Gasteiger partial charge is 0.394 e. The summed E-state index contributed by atoms with van der Waals surface area (Å²) in [5.74, 6) is 0.562. The summed E-state index contributed by atoms with van der Waals surface area (Å²) in [5, 5.41) is 9.47. The maximum absolute atomic E-state index is 12.5. The van der Waals surface area contributed by atoms with E-state index in [1.165, 1.54) is 19.3 Å². The number of amides is 1. The lowest BCUT2D eigenvalue weighted by atomic mass is 9.82. The van der Waals surface area contributed by atoms with Crippen LogP contribution >= 0.6 is 0 Å². The van der Waals surface area contributed by atoms with Gasteiger partial charge in [-0.1, -0.05) is 25.7 Å². The Morgan fingerprint density at radius 3 is 2.58 bits per heavy atom. The summed E-state index contributed by atoms with van der Waals surface area (Å²) >= 11 is 0. The second kappa shape index (κ2) is 7.25. The molecule has 1 amide bonds. The Balaban J connectivity index is 1.92. The summed E-state index contributed by atoms with van der Waals surface area (Å²) in [6.45, 7) is 0.911. The van der Waals surface area contributed by atoms with Crippen molar-refractivity contribution in [3.05, 3.63) is 0 Å². The van der Waals surface area contributed by atoms with Crippen LogP contribution in [-0.4, -0.2) is 41.1 Å². The molecule has 1 heterocycles. The minimum absolute atomic E-state index is 0.0369. The summed E-state index contributed by atoms with van der Waals surface area (Å²) in [4.78, 5) is 14.4. The number of aliphatic hydroxyl groups is 1. The molecule has 0 aromatic heterocycles. The molecular formula is C15H28N2O2. The molecule has 19 heavy (non-hydrogen) atoms. The van der Waals surface area contributed by atoms with Crippen molar-refractivity contribution in [2.75, 3.05) is 13.2 Å². The van der Waals surface area contributed by atoms with E-state index in [2.05, 4.69) is 0 Å². The summed E-state index contributed by atoms with van der Waals surface area (Å²) in [6, 6.07) is 0.229. The van der Waals surface area contributed by atoms with Gasteiger partial charge in [-0.15, -0.1) is 0 Å². The van der Waals surface area contributed by atoms with Gasteiger partial charge in [0.15, 0.2) is 0 Å². The van der Waals surface area contributed by atoms with Crippen molar-refractivity contribution in [2.24, 2.45) is 11.7 Å². The van der Waals surface area contributed by atoms with Crippen molar-refractivity contribution >= 4 is 5.91 Å². The molecule has 1 aliphatic heterocycles. The topological polar surface area (TPSA) is 66.6 Å². The standard InChI is InChI=1S/C15H28N2O2/c16-14-8-4-3-6-12(14)10-15(19)17-9-5-1-2-7-13(17)11-18/h12-14,18H,1-11,16H2. The predicted molar refractivity (Wildman–Crippen MR) is 75.6 cm³/mol. The zero-order valence-electron chi connectivity index (χ0n) is 11.9. The Bertz CT molecular complexity index is 296. The van der Waals surface area contributed by atoms with Crippen molar-refractivity contribution in [3.8, 4) is 0 Å². The van der Waals surface area contributed by atoms with Gasteiger partial charge in [0, 0.05) is 19.0 Å². The zero-order chi connectivity index (χ0) is 13.7. The smallest absolute Gasteiger partial charge is 0.223 e. The van der Waals surface area contributed by atoms with Crippen molar-refractivity contribution in [3.63, 3.8) is 0 Å². The lowest BCUT2D eigenvalue weighted by Crippen LogP contribution is -2.44. The van der Waals surface area contributed by atoms with Gasteiger partial charge in [0.1, 0.15) is 0 Å². The van der Waals surface area contributed by atoms with E-state index >= 15 is 0 Å². The predicted octanol–water partition coefficient (Wildman–Crippen LogP) is 1.66. The number of carbonyl (C=O) groups excluding carboxylic acids is 1. The number of carbonyl (C=O) groups is 1. The molecule has 4 nitrogen and oxygen atoms in total. The Morgan fingerprint density at radius 2 is 1.84 bits per heavy atom. The minimum atomic E-state index is 0.0369. The molecule has 3 unspecified atom stereocenters. The number of rotatable bonds is 3. The molecular weight excluding hydrogens is 240 g/mol. The molecule has 110 valence electrons. The molecule has 0 bridgehead atoms.